The van der Waals surface area contributed by atoms with Crippen LogP contribution in [-0.4, -0.2) is 18.4 Å². The van der Waals surface area contributed by atoms with Crippen LogP contribution in [0.3, 0.4) is 0 Å². The first kappa shape index (κ1) is 19.5. The molecule has 28 heavy (non-hydrogen) atoms. The van der Waals surface area contributed by atoms with E-state index in [9.17, 15) is 9.59 Å². The second-order valence-electron chi connectivity index (χ2n) is 6.21. The van der Waals surface area contributed by atoms with Gasteiger partial charge >= 0.3 is 0 Å². The Labute approximate surface area is 167 Å². The highest BCUT2D eigenvalue weighted by molar-refractivity contribution is 6.30. The molecule has 0 fully saturated rings. The summed E-state index contributed by atoms with van der Waals surface area (Å²) < 4.78 is 10.6. The Hall–Kier alpha value is -3.25. The van der Waals surface area contributed by atoms with Gasteiger partial charge in [0.15, 0.2) is 12.4 Å². The third kappa shape index (κ3) is 4.92. The zero-order chi connectivity index (χ0) is 20.1. The Morgan fingerprint density at radius 1 is 1.04 bits per heavy atom. The SMILES string of the molecule is Cc1ccc(NC(=O)c2ccco2)cc1NC(=O)COc1ccc(Cl)cc1C. The molecule has 0 aliphatic rings. The summed E-state index contributed by atoms with van der Waals surface area (Å²) in [7, 11) is 0. The standard InChI is InChI=1S/C21H19ClN2O4/c1-13-5-7-16(23-21(26)19-4-3-9-27-19)11-17(13)24-20(25)12-28-18-8-6-15(22)10-14(18)2/h3-11H,12H2,1-2H3,(H,23,26)(H,24,25). The number of rotatable bonds is 6. The van der Waals surface area contributed by atoms with Crippen LogP contribution in [-0.2, 0) is 4.79 Å². The van der Waals surface area contributed by atoms with Crippen LogP contribution in [0.15, 0.2) is 59.2 Å². The molecule has 0 atom stereocenters. The molecule has 0 aliphatic heterocycles. The van der Waals surface area contributed by atoms with Gasteiger partial charge in [-0.1, -0.05) is 17.7 Å². The third-order valence-corrected chi connectivity index (χ3v) is 4.25. The fourth-order valence-electron chi connectivity index (χ4n) is 2.54. The van der Waals surface area contributed by atoms with Crippen molar-refractivity contribution in [3.63, 3.8) is 0 Å². The van der Waals surface area contributed by atoms with Gasteiger partial charge in [0.25, 0.3) is 11.8 Å². The number of hydrogen-bond donors (Lipinski definition) is 2. The number of ether oxygens (including phenoxy) is 1. The summed E-state index contributed by atoms with van der Waals surface area (Å²) in [4.78, 5) is 24.4. The summed E-state index contributed by atoms with van der Waals surface area (Å²) in [5, 5.41) is 6.13. The molecule has 2 N–H and O–H groups in total. The highest BCUT2D eigenvalue weighted by atomic mass is 35.5. The van der Waals surface area contributed by atoms with E-state index in [4.69, 9.17) is 20.8 Å². The summed E-state index contributed by atoms with van der Waals surface area (Å²) in [6, 6.07) is 13.6. The molecular weight excluding hydrogens is 380 g/mol. The van der Waals surface area contributed by atoms with Crippen LogP contribution in [0, 0.1) is 13.8 Å². The Balaban J connectivity index is 1.62. The Bertz CT molecular complexity index is 1000. The largest absolute Gasteiger partial charge is 0.483 e. The van der Waals surface area contributed by atoms with Crippen molar-refractivity contribution in [2.24, 2.45) is 0 Å². The number of benzene rings is 2. The molecule has 7 heteroatoms. The zero-order valence-corrected chi connectivity index (χ0v) is 16.2. The molecule has 0 aliphatic carbocycles. The number of furan rings is 1. The summed E-state index contributed by atoms with van der Waals surface area (Å²) in [5.74, 6) is 0.119. The van der Waals surface area contributed by atoms with Crippen molar-refractivity contribution >= 4 is 34.8 Å². The van der Waals surface area contributed by atoms with Crippen LogP contribution in [0.25, 0.3) is 0 Å². The second-order valence-corrected chi connectivity index (χ2v) is 6.64. The van der Waals surface area contributed by atoms with Gasteiger partial charge in [-0.2, -0.15) is 0 Å². The minimum Gasteiger partial charge on any atom is -0.483 e. The van der Waals surface area contributed by atoms with Crippen molar-refractivity contribution in [3.05, 3.63) is 76.7 Å². The van der Waals surface area contributed by atoms with Gasteiger partial charge in [-0.05, 0) is 67.4 Å². The van der Waals surface area contributed by atoms with E-state index in [0.717, 1.165) is 11.1 Å². The van der Waals surface area contributed by atoms with E-state index in [-0.39, 0.29) is 24.2 Å². The topological polar surface area (TPSA) is 80.6 Å². The number of hydrogen-bond acceptors (Lipinski definition) is 4. The van der Waals surface area contributed by atoms with Crippen molar-refractivity contribution in [1.82, 2.24) is 0 Å². The second kappa shape index (κ2) is 8.63. The molecule has 6 nitrogen and oxygen atoms in total. The first-order valence-corrected chi connectivity index (χ1v) is 8.94. The lowest BCUT2D eigenvalue weighted by Crippen LogP contribution is -2.21. The Morgan fingerprint density at radius 2 is 1.86 bits per heavy atom. The van der Waals surface area contributed by atoms with Gasteiger partial charge in [-0.25, -0.2) is 0 Å². The number of aryl methyl sites for hydroxylation is 2. The van der Waals surface area contributed by atoms with Crippen molar-refractivity contribution in [3.8, 4) is 5.75 Å². The predicted molar refractivity (Wildman–Crippen MR) is 108 cm³/mol. The fourth-order valence-corrected chi connectivity index (χ4v) is 2.77. The van der Waals surface area contributed by atoms with Crippen LogP contribution in [0.5, 0.6) is 5.75 Å². The lowest BCUT2D eigenvalue weighted by molar-refractivity contribution is -0.118. The van der Waals surface area contributed by atoms with Crippen molar-refractivity contribution in [2.45, 2.75) is 13.8 Å². The lowest BCUT2D eigenvalue weighted by Gasteiger charge is -2.13. The summed E-state index contributed by atoms with van der Waals surface area (Å²) in [6.07, 6.45) is 1.43. The molecule has 3 aromatic rings. The van der Waals surface area contributed by atoms with Crippen LogP contribution in [0.4, 0.5) is 11.4 Å². The third-order valence-electron chi connectivity index (χ3n) is 4.01. The minimum atomic E-state index is -0.368. The van der Waals surface area contributed by atoms with Gasteiger partial charge in [0.1, 0.15) is 5.75 Å². The molecule has 0 saturated carbocycles. The van der Waals surface area contributed by atoms with E-state index < -0.39 is 0 Å². The number of halogens is 1. The van der Waals surface area contributed by atoms with E-state index in [1.807, 2.05) is 13.8 Å². The van der Waals surface area contributed by atoms with E-state index >= 15 is 0 Å². The maximum atomic E-state index is 12.3. The summed E-state index contributed by atoms with van der Waals surface area (Å²) >= 11 is 5.92. The van der Waals surface area contributed by atoms with Crippen LogP contribution in [0.1, 0.15) is 21.7 Å². The maximum absolute atomic E-state index is 12.3. The van der Waals surface area contributed by atoms with Crippen molar-refractivity contribution in [1.29, 1.82) is 0 Å². The average Bonchev–Trinajstić information content (AvgIpc) is 3.18. The smallest absolute Gasteiger partial charge is 0.291 e. The quantitative estimate of drug-likeness (QED) is 0.623. The number of nitrogens with one attached hydrogen (secondary N) is 2. The van der Waals surface area contributed by atoms with E-state index in [1.54, 1.807) is 48.5 Å². The summed E-state index contributed by atoms with van der Waals surface area (Å²) in [5.41, 5.74) is 2.82. The maximum Gasteiger partial charge on any atom is 0.291 e. The average molecular weight is 399 g/mol. The summed E-state index contributed by atoms with van der Waals surface area (Å²) in [6.45, 7) is 3.57. The van der Waals surface area contributed by atoms with Crippen LogP contribution in [0.2, 0.25) is 5.02 Å². The highest BCUT2D eigenvalue weighted by Crippen LogP contribution is 2.23. The minimum absolute atomic E-state index is 0.148. The molecule has 0 unspecified atom stereocenters. The molecule has 0 radical (unpaired) electrons. The van der Waals surface area contributed by atoms with Gasteiger partial charge in [-0.3, -0.25) is 9.59 Å². The molecule has 0 saturated heterocycles. The Kier molecular flexibility index (Phi) is 6.01. The Morgan fingerprint density at radius 3 is 2.57 bits per heavy atom. The highest BCUT2D eigenvalue weighted by Gasteiger charge is 2.11. The molecule has 1 heterocycles. The fraction of sp³-hybridized carbons (Fsp3) is 0.143. The van der Waals surface area contributed by atoms with E-state index in [0.29, 0.717) is 22.1 Å². The van der Waals surface area contributed by atoms with Gasteiger partial charge in [-0.15, -0.1) is 0 Å². The van der Waals surface area contributed by atoms with Crippen LogP contribution >= 0.6 is 11.6 Å². The first-order valence-electron chi connectivity index (χ1n) is 8.56. The van der Waals surface area contributed by atoms with Gasteiger partial charge in [0.05, 0.1) is 6.26 Å². The van der Waals surface area contributed by atoms with E-state index in [1.165, 1.54) is 6.26 Å². The number of carbonyl (C=O) groups excluding carboxylic acids is 2. The normalized spacial score (nSPS) is 10.4. The van der Waals surface area contributed by atoms with E-state index in [2.05, 4.69) is 10.6 Å². The first-order chi connectivity index (χ1) is 13.4. The number of amides is 2. The predicted octanol–water partition coefficient (Wildman–Crippen LogP) is 4.82. The van der Waals surface area contributed by atoms with Gasteiger partial charge in [0, 0.05) is 16.4 Å². The van der Waals surface area contributed by atoms with Gasteiger partial charge < -0.3 is 19.8 Å². The molecule has 144 valence electrons. The molecular formula is C21H19ClN2O4. The monoisotopic (exact) mass is 398 g/mol. The molecule has 1 aromatic heterocycles. The molecule has 0 bridgehead atoms. The molecule has 0 spiro atoms. The number of anilines is 2. The van der Waals surface area contributed by atoms with Crippen molar-refractivity contribution < 1.29 is 18.7 Å². The molecule has 2 amide bonds. The van der Waals surface area contributed by atoms with Gasteiger partial charge in [0.2, 0.25) is 0 Å². The molecule has 3 rings (SSSR count). The van der Waals surface area contributed by atoms with Crippen LogP contribution < -0.4 is 15.4 Å². The number of carbonyl (C=O) groups is 2. The van der Waals surface area contributed by atoms with Crippen molar-refractivity contribution in [2.75, 3.05) is 17.2 Å². The molecule has 2 aromatic carbocycles. The lowest BCUT2D eigenvalue weighted by atomic mass is 10.1. The zero-order valence-electron chi connectivity index (χ0n) is 15.4.